The molecule has 26 heavy (non-hydrogen) atoms. The monoisotopic (exact) mass is 412 g/mol. The van der Waals surface area contributed by atoms with Crippen molar-refractivity contribution in [1.82, 2.24) is 35.0 Å². The lowest BCUT2D eigenvalue weighted by Crippen LogP contribution is -2.14. The molecule has 0 atom stereocenters. The van der Waals surface area contributed by atoms with E-state index in [1.807, 2.05) is 13.1 Å². The van der Waals surface area contributed by atoms with Crippen molar-refractivity contribution in [1.29, 1.82) is 0 Å². The van der Waals surface area contributed by atoms with E-state index in [9.17, 15) is 4.79 Å². The standard InChI is InChI=1S/C14H14Cl2N8OS/c1-23-12(18-20-14(23)26-7-11(17)25)5-13-19-21-22-24(13)6-8-2-3-9(15)4-10(8)16/h2-4H,5-7H2,1H3,(H2,17,25). The number of primary amides is 1. The van der Waals surface area contributed by atoms with E-state index in [0.717, 1.165) is 5.56 Å². The van der Waals surface area contributed by atoms with Gasteiger partial charge in [0, 0.05) is 17.1 Å². The molecule has 0 aliphatic heterocycles. The molecule has 1 aromatic carbocycles. The van der Waals surface area contributed by atoms with Crippen LogP contribution in [-0.2, 0) is 24.8 Å². The number of carbonyl (C=O) groups excluding carboxylic acids is 1. The SMILES string of the molecule is Cn1c(Cc2nnnn2Cc2ccc(Cl)cc2Cl)nnc1SCC(N)=O. The summed E-state index contributed by atoms with van der Waals surface area (Å²) in [6.45, 7) is 0.402. The minimum Gasteiger partial charge on any atom is -0.369 e. The van der Waals surface area contributed by atoms with Crippen molar-refractivity contribution < 1.29 is 4.79 Å². The molecule has 9 nitrogen and oxygen atoms in total. The maximum absolute atomic E-state index is 10.9. The van der Waals surface area contributed by atoms with Gasteiger partial charge in [0.25, 0.3) is 0 Å². The zero-order valence-corrected chi connectivity index (χ0v) is 16.0. The summed E-state index contributed by atoms with van der Waals surface area (Å²) in [5.74, 6) is 0.996. The van der Waals surface area contributed by atoms with Gasteiger partial charge < -0.3 is 10.3 Å². The molecule has 1 amide bonds. The van der Waals surface area contributed by atoms with Crippen molar-refractivity contribution in [2.24, 2.45) is 12.8 Å². The molecule has 2 heterocycles. The molecule has 12 heteroatoms. The highest BCUT2D eigenvalue weighted by molar-refractivity contribution is 7.99. The van der Waals surface area contributed by atoms with Gasteiger partial charge in [0.1, 0.15) is 5.82 Å². The summed E-state index contributed by atoms with van der Waals surface area (Å²) >= 11 is 13.4. The maximum Gasteiger partial charge on any atom is 0.227 e. The molecular weight excluding hydrogens is 399 g/mol. The van der Waals surface area contributed by atoms with Crippen molar-refractivity contribution in [2.45, 2.75) is 18.1 Å². The van der Waals surface area contributed by atoms with Crippen LogP contribution >= 0.6 is 35.0 Å². The van der Waals surface area contributed by atoms with Crippen LogP contribution in [0.1, 0.15) is 17.2 Å². The molecule has 0 fully saturated rings. The molecule has 2 N–H and O–H groups in total. The zero-order chi connectivity index (χ0) is 18.7. The molecule has 0 unspecified atom stereocenters. The Morgan fingerprint density at radius 1 is 1.23 bits per heavy atom. The lowest BCUT2D eigenvalue weighted by Gasteiger charge is -2.07. The van der Waals surface area contributed by atoms with Crippen molar-refractivity contribution in [3.63, 3.8) is 0 Å². The Morgan fingerprint density at radius 3 is 2.77 bits per heavy atom. The third-order valence-corrected chi connectivity index (χ3v) is 5.16. The van der Waals surface area contributed by atoms with Gasteiger partial charge in [-0.1, -0.05) is 41.0 Å². The summed E-state index contributed by atoms with van der Waals surface area (Å²) in [4.78, 5) is 10.9. The Labute approximate surface area is 162 Å². The van der Waals surface area contributed by atoms with Gasteiger partial charge in [0.05, 0.1) is 18.7 Å². The van der Waals surface area contributed by atoms with Crippen molar-refractivity contribution >= 4 is 40.9 Å². The van der Waals surface area contributed by atoms with Gasteiger partial charge >= 0.3 is 0 Å². The van der Waals surface area contributed by atoms with Crippen LogP contribution in [0, 0.1) is 0 Å². The first-order valence-corrected chi connectivity index (χ1v) is 9.16. The molecule has 0 spiro atoms. The summed E-state index contributed by atoms with van der Waals surface area (Å²) < 4.78 is 3.42. The Morgan fingerprint density at radius 2 is 2.04 bits per heavy atom. The van der Waals surface area contributed by atoms with Gasteiger partial charge in [-0.2, -0.15) is 0 Å². The first kappa shape index (κ1) is 18.6. The second kappa shape index (κ2) is 8.02. The average Bonchev–Trinajstić information content (AvgIpc) is 3.16. The molecule has 3 rings (SSSR count). The number of benzene rings is 1. The number of amides is 1. The van der Waals surface area contributed by atoms with E-state index >= 15 is 0 Å². The fourth-order valence-electron chi connectivity index (χ4n) is 2.19. The number of rotatable bonds is 7. The molecule has 0 aliphatic carbocycles. The zero-order valence-electron chi connectivity index (χ0n) is 13.6. The van der Waals surface area contributed by atoms with Crippen LogP contribution in [0.2, 0.25) is 10.0 Å². The summed E-state index contributed by atoms with van der Waals surface area (Å²) in [5.41, 5.74) is 6.00. The highest BCUT2D eigenvalue weighted by Crippen LogP contribution is 2.22. The number of nitrogens with two attached hydrogens (primary N) is 1. The Balaban J connectivity index is 1.76. The average molecular weight is 413 g/mol. The number of hydrogen-bond acceptors (Lipinski definition) is 7. The van der Waals surface area contributed by atoms with Gasteiger partial charge in [-0.05, 0) is 28.1 Å². The van der Waals surface area contributed by atoms with E-state index in [0.29, 0.717) is 39.8 Å². The minimum absolute atomic E-state index is 0.138. The fourth-order valence-corrected chi connectivity index (χ4v) is 3.32. The van der Waals surface area contributed by atoms with Crippen molar-refractivity contribution in [3.05, 3.63) is 45.5 Å². The van der Waals surface area contributed by atoms with E-state index in [1.54, 1.807) is 21.4 Å². The topological polar surface area (TPSA) is 117 Å². The van der Waals surface area contributed by atoms with Crippen LogP contribution in [0.15, 0.2) is 23.4 Å². The molecule has 0 radical (unpaired) electrons. The van der Waals surface area contributed by atoms with Gasteiger partial charge in [0.15, 0.2) is 11.0 Å². The van der Waals surface area contributed by atoms with Crippen molar-refractivity contribution in [3.8, 4) is 0 Å². The third-order valence-electron chi connectivity index (χ3n) is 3.53. The van der Waals surface area contributed by atoms with Gasteiger partial charge in [-0.25, -0.2) is 4.68 Å². The van der Waals surface area contributed by atoms with E-state index in [1.165, 1.54) is 11.8 Å². The lowest BCUT2D eigenvalue weighted by atomic mass is 10.2. The summed E-state index contributed by atoms with van der Waals surface area (Å²) in [5, 5.41) is 21.7. The number of nitrogens with zero attached hydrogens (tertiary/aromatic N) is 7. The first-order chi connectivity index (χ1) is 12.4. The van der Waals surface area contributed by atoms with E-state index in [2.05, 4.69) is 25.7 Å². The number of tetrazole rings is 1. The quantitative estimate of drug-likeness (QED) is 0.581. The molecule has 0 bridgehead atoms. The van der Waals surface area contributed by atoms with Gasteiger partial charge in [-0.15, -0.1) is 15.3 Å². The predicted molar refractivity (Wildman–Crippen MR) is 97.1 cm³/mol. The second-order valence-corrected chi connectivity index (χ2v) is 7.16. The van der Waals surface area contributed by atoms with Crippen LogP contribution < -0.4 is 5.73 Å². The van der Waals surface area contributed by atoms with Crippen LogP contribution in [0.25, 0.3) is 0 Å². The minimum atomic E-state index is -0.414. The normalized spacial score (nSPS) is 11.0. The molecule has 0 saturated carbocycles. The summed E-state index contributed by atoms with van der Waals surface area (Å²) in [6.07, 6.45) is 0.374. The van der Waals surface area contributed by atoms with E-state index in [4.69, 9.17) is 28.9 Å². The fraction of sp³-hybridized carbons (Fsp3) is 0.286. The molecule has 3 aromatic rings. The van der Waals surface area contributed by atoms with Crippen LogP contribution in [0.5, 0.6) is 0 Å². The highest BCUT2D eigenvalue weighted by atomic mass is 35.5. The van der Waals surface area contributed by atoms with Crippen molar-refractivity contribution in [2.75, 3.05) is 5.75 Å². The number of halogens is 2. The largest absolute Gasteiger partial charge is 0.369 e. The first-order valence-electron chi connectivity index (χ1n) is 7.42. The van der Waals surface area contributed by atoms with Crippen LogP contribution in [0.4, 0.5) is 0 Å². The molecule has 2 aromatic heterocycles. The number of carbonyl (C=O) groups is 1. The predicted octanol–water partition coefficient (Wildman–Crippen LogP) is 1.32. The van der Waals surface area contributed by atoms with Gasteiger partial charge in [-0.3, -0.25) is 4.79 Å². The Kier molecular flexibility index (Phi) is 5.74. The second-order valence-electron chi connectivity index (χ2n) is 5.38. The Hall–Kier alpha value is -2.17. The van der Waals surface area contributed by atoms with Crippen LogP contribution in [-0.4, -0.2) is 46.6 Å². The van der Waals surface area contributed by atoms with Gasteiger partial charge in [0.2, 0.25) is 5.91 Å². The number of hydrogen-bond donors (Lipinski definition) is 1. The smallest absolute Gasteiger partial charge is 0.227 e. The highest BCUT2D eigenvalue weighted by Gasteiger charge is 2.15. The molecule has 136 valence electrons. The number of thioether (sulfide) groups is 1. The van der Waals surface area contributed by atoms with E-state index in [-0.39, 0.29) is 5.75 Å². The summed E-state index contributed by atoms with van der Waals surface area (Å²) in [7, 11) is 1.81. The maximum atomic E-state index is 10.9. The molecule has 0 saturated heterocycles. The third kappa shape index (κ3) is 4.32. The lowest BCUT2D eigenvalue weighted by molar-refractivity contribution is -0.115. The van der Waals surface area contributed by atoms with Crippen LogP contribution in [0.3, 0.4) is 0 Å². The Bertz CT molecular complexity index is 941. The number of aromatic nitrogens is 7. The molecule has 0 aliphatic rings. The van der Waals surface area contributed by atoms with E-state index < -0.39 is 5.91 Å². The summed E-state index contributed by atoms with van der Waals surface area (Å²) in [6, 6.07) is 5.27. The molecular formula is C14H14Cl2N8OS.